The summed E-state index contributed by atoms with van der Waals surface area (Å²) in [5.41, 5.74) is 4.29. The average Bonchev–Trinajstić information content (AvgIpc) is 2.83. The standard InChI is InChI=1S/C26H24N2O2/c1-29-23-14-10-20(11-15-23)18-27-26-9-5-8-25(28-26)22-12-16-24(17-13-22)30-19-21-6-3-2-4-7-21/h2-17H,18-19H2,1H3,(H,27,28). The van der Waals surface area contributed by atoms with E-state index in [0.717, 1.165) is 34.1 Å². The molecule has 1 aromatic heterocycles. The second-order valence-electron chi connectivity index (χ2n) is 6.91. The van der Waals surface area contributed by atoms with Crippen LogP contribution < -0.4 is 14.8 Å². The molecule has 0 atom stereocenters. The molecule has 4 heteroatoms. The Kier molecular flexibility index (Phi) is 6.25. The van der Waals surface area contributed by atoms with Gasteiger partial charge < -0.3 is 14.8 Å². The number of nitrogens with one attached hydrogen (secondary N) is 1. The molecule has 0 bridgehead atoms. The third-order valence-electron chi connectivity index (χ3n) is 4.78. The molecule has 0 aliphatic heterocycles. The molecule has 1 heterocycles. The van der Waals surface area contributed by atoms with Gasteiger partial charge in [0.25, 0.3) is 0 Å². The first-order valence-corrected chi connectivity index (χ1v) is 9.91. The molecule has 0 aliphatic rings. The van der Waals surface area contributed by atoms with Gasteiger partial charge in [-0.2, -0.15) is 0 Å². The van der Waals surface area contributed by atoms with Crippen molar-refractivity contribution in [2.75, 3.05) is 12.4 Å². The molecule has 0 fully saturated rings. The zero-order valence-electron chi connectivity index (χ0n) is 16.9. The molecule has 0 amide bonds. The van der Waals surface area contributed by atoms with Crippen LogP contribution in [-0.4, -0.2) is 12.1 Å². The van der Waals surface area contributed by atoms with Crippen molar-refractivity contribution in [3.63, 3.8) is 0 Å². The normalized spacial score (nSPS) is 10.4. The Morgan fingerprint density at radius 1 is 0.700 bits per heavy atom. The zero-order chi connectivity index (χ0) is 20.6. The van der Waals surface area contributed by atoms with Gasteiger partial charge in [-0.05, 0) is 59.7 Å². The summed E-state index contributed by atoms with van der Waals surface area (Å²) < 4.78 is 11.1. The highest BCUT2D eigenvalue weighted by Crippen LogP contribution is 2.23. The maximum Gasteiger partial charge on any atom is 0.126 e. The van der Waals surface area contributed by atoms with E-state index >= 15 is 0 Å². The molecule has 0 saturated carbocycles. The molecule has 1 N–H and O–H groups in total. The van der Waals surface area contributed by atoms with Gasteiger partial charge in [0.15, 0.2) is 0 Å². The fourth-order valence-electron chi connectivity index (χ4n) is 3.09. The van der Waals surface area contributed by atoms with Gasteiger partial charge in [0.05, 0.1) is 12.8 Å². The van der Waals surface area contributed by atoms with Crippen LogP contribution in [0.1, 0.15) is 11.1 Å². The lowest BCUT2D eigenvalue weighted by atomic mass is 10.1. The van der Waals surface area contributed by atoms with Crippen molar-refractivity contribution in [3.8, 4) is 22.8 Å². The lowest BCUT2D eigenvalue weighted by Gasteiger charge is -2.10. The van der Waals surface area contributed by atoms with Crippen LogP contribution in [-0.2, 0) is 13.2 Å². The highest BCUT2D eigenvalue weighted by Gasteiger charge is 2.03. The summed E-state index contributed by atoms with van der Waals surface area (Å²) in [7, 11) is 1.67. The van der Waals surface area contributed by atoms with Crippen LogP contribution in [0.25, 0.3) is 11.3 Å². The molecule has 30 heavy (non-hydrogen) atoms. The minimum Gasteiger partial charge on any atom is -0.497 e. The van der Waals surface area contributed by atoms with E-state index in [0.29, 0.717) is 13.2 Å². The number of hydrogen-bond acceptors (Lipinski definition) is 4. The summed E-state index contributed by atoms with van der Waals surface area (Å²) >= 11 is 0. The highest BCUT2D eigenvalue weighted by molar-refractivity contribution is 5.62. The molecule has 3 aromatic carbocycles. The molecule has 4 nitrogen and oxygen atoms in total. The van der Waals surface area contributed by atoms with Crippen LogP contribution in [0.15, 0.2) is 97.1 Å². The fraction of sp³-hybridized carbons (Fsp3) is 0.115. The molecule has 0 radical (unpaired) electrons. The van der Waals surface area contributed by atoms with Crippen LogP contribution >= 0.6 is 0 Å². The molecule has 4 rings (SSSR count). The predicted molar refractivity (Wildman–Crippen MR) is 121 cm³/mol. The summed E-state index contributed by atoms with van der Waals surface area (Å²) in [5, 5.41) is 3.38. The molecular weight excluding hydrogens is 372 g/mol. The summed E-state index contributed by atoms with van der Waals surface area (Å²) in [4.78, 5) is 4.74. The Labute approximate surface area is 177 Å². The average molecular weight is 396 g/mol. The topological polar surface area (TPSA) is 43.4 Å². The van der Waals surface area contributed by atoms with Gasteiger partial charge in [0.1, 0.15) is 23.9 Å². The summed E-state index contributed by atoms with van der Waals surface area (Å²) in [5.74, 6) is 2.54. The third-order valence-corrected chi connectivity index (χ3v) is 4.78. The van der Waals surface area contributed by atoms with Gasteiger partial charge in [0, 0.05) is 12.1 Å². The van der Waals surface area contributed by atoms with Gasteiger partial charge in [-0.25, -0.2) is 4.98 Å². The highest BCUT2D eigenvalue weighted by atomic mass is 16.5. The van der Waals surface area contributed by atoms with Crippen molar-refractivity contribution in [1.82, 2.24) is 4.98 Å². The number of methoxy groups -OCH3 is 1. The molecule has 0 unspecified atom stereocenters. The van der Waals surface area contributed by atoms with E-state index in [-0.39, 0.29) is 0 Å². The molecule has 0 aliphatic carbocycles. The van der Waals surface area contributed by atoms with E-state index in [1.54, 1.807) is 7.11 Å². The van der Waals surface area contributed by atoms with Gasteiger partial charge in [0.2, 0.25) is 0 Å². The number of aromatic nitrogens is 1. The minimum absolute atomic E-state index is 0.559. The van der Waals surface area contributed by atoms with E-state index in [2.05, 4.69) is 17.4 Å². The van der Waals surface area contributed by atoms with E-state index in [1.807, 2.05) is 84.9 Å². The van der Waals surface area contributed by atoms with Crippen LogP contribution in [0.3, 0.4) is 0 Å². The Balaban J connectivity index is 1.37. The Morgan fingerprint density at radius 3 is 2.17 bits per heavy atom. The van der Waals surface area contributed by atoms with E-state index < -0.39 is 0 Å². The first-order chi connectivity index (χ1) is 14.8. The number of pyridine rings is 1. The Morgan fingerprint density at radius 2 is 1.43 bits per heavy atom. The SMILES string of the molecule is COc1ccc(CNc2cccc(-c3ccc(OCc4ccccc4)cc3)n2)cc1. The van der Waals surface area contributed by atoms with Gasteiger partial charge >= 0.3 is 0 Å². The van der Waals surface area contributed by atoms with Crippen molar-refractivity contribution in [3.05, 3.63) is 108 Å². The second-order valence-corrected chi connectivity index (χ2v) is 6.91. The van der Waals surface area contributed by atoms with Crippen molar-refractivity contribution < 1.29 is 9.47 Å². The zero-order valence-corrected chi connectivity index (χ0v) is 16.9. The second kappa shape index (κ2) is 9.61. The number of benzene rings is 3. The van der Waals surface area contributed by atoms with Crippen molar-refractivity contribution >= 4 is 5.82 Å². The molecule has 0 saturated heterocycles. The van der Waals surface area contributed by atoms with Gasteiger partial charge in [-0.3, -0.25) is 0 Å². The molecule has 0 spiro atoms. The lowest BCUT2D eigenvalue weighted by Crippen LogP contribution is -2.01. The summed E-state index contributed by atoms with van der Waals surface area (Å²) in [6.45, 7) is 1.26. The Bertz CT molecular complexity index is 1060. The van der Waals surface area contributed by atoms with Crippen molar-refractivity contribution in [2.45, 2.75) is 13.2 Å². The molecule has 150 valence electrons. The van der Waals surface area contributed by atoms with Gasteiger partial charge in [-0.1, -0.05) is 48.5 Å². The summed E-state index contributed by atoms with van der Waals surface area (Å²) in [6, 6.07) is 32.2. The predicted octanol–water partition coefficient (Wildman–Crippen LogP) is 5.95. The van der Waals surface area contributed by atoms with Crippen LogP contribution in [0, 0.1) is 0 Å². The van der Waals surface area contributed by atoms with Crippen molar-refractivity contribution in [1.29, 1.82) is 0 Å². The number of ether oxygens (including phenoxy) is 2. The number of nitrogens with zero attached hydrogens (tertiary/aromatic N) is 1. The number of rotatable bonds is 8. The van der Waals surface area contributed by atoms with E-state index in [4.69, 9.17) is 14.5 Å². The van der Waals surface area contributed by atoms with E-state index in [1.165, 1.54) is 5.56 Å². The largest absolute Gasteiger partial charge is 0.497 e. The Hall–Kier alpha value is -3.79. The van der Waals surface area contributed by atoms with E-state index in [9.17, 15) is 0 Å². The quantitative estimate of drug-likeness (QED) is 0.400. The third kappa shape index (κ3) is 5.17. The fourth-order valence-corrected chi connectivity index (χ4v) is 3.09. The van der Waals surface area contributed by atoms with Crippen molar-refractivity contribution in [2.24, 2.45) is 0 Å². The first kappa shape index (κ1) is 19.5. The van der Waals surface area contributed by atoms with Gasteiger partial charge in [-0.15, -0.1) is 0 Å². The minimum atomic E-state index is 0.559. The molecule has 4 aromatic rings. The van der Waals surface area contributed by atoms with Crippen LogP contribution in [0.4, 0.5) is 5.82 Å². The summed E-state index contributed by atoms with van der Waals surface area (Å²) in [6.07, 6.45) is 0. The lowest BCUT2D eigenvalue weighted by molar-refractivity contribution is 0.306. The maximum atomic E-state index is 5.87. The molecular formula is C26H24N2O2. The maximum absolute atomic E-state index is 5.87. The monoisotopic (exact) mass is 396 g/mol. The number of anilines is 1. The van der Waals surface area contributed by atoms with Crippen LogP contribution in [0.5, 0.6) is 11.5 Å². The number of hydrogen-bond donors (Lipinski definition) is 1. The first-order valence-electron chi connectivity index (χ1n) is 9.91. The van der Waals surface area contributed by atoms with Crippen LogP contribution in [0.2, 0.25) is 0 Å². The smallest absolute Gasteiger partial charge is 0.126 e.